The van der Waals surface area contributed by atoms with E-state index in [0.29, 0.717) is 0 Å². The van der Waals surface area contributed by atoms with Crippen LogP contribution in [0.15, 0.2) is 4.52 Å². The SMILES string of the molecule is FC(F)(F)COCc1noc(CCl)n1. The van der Waals surface area contributed by atoms with Crippen LogP contribution in [0.25, 0.3) is 0 Å². The van der Waals surface area contributed by atoms with Crippen molar-refractivity contribution in [2.24, 2.45) is 0 Å². The molecule has 0 aliphatic rings. The molecular weight excluding hydrogens is 225 g/mol. The van der Waals surface area contributed by atoms with E-state index in [4.69, 9.17) is 11.6 Å². The van der Waals surface area contributed by atoms with Crippen molar-refractivity contribution < 1.29 is 22.4 Å². The summed E-state index contributed by atoms with van der Waals surface area (Å²) in [4.78, 5) is 3.65. The molecule has 1 rings (SSSR count). The lowest BCUT2D eigenvalue weighted by molar-refractivity contribution is -0.177. The largest absolute Gasteiger partial charge is 0.411 e. The summed E-state index contributed by atoms with van der Waals surface area (Å²) >= 11 is 5.33. The van der Waals surface area contributed by atoms with Crippen molar-refractivity contribution >= 4 is 11.6 Å². The molecule has 0 spiro atoms. The number of aromatic nitrogens is 2. The molecule has 80 valence electrons. The molecule has 0 aliphatic carbocycles. The molecule has 0 radical (unpaired) electrons. The summed E-state index contributed by atoms with van der Waals surface area (Å²) in [7, 11) is 0. The first-order valence-electron chi connectivity index (χ1n) is 3.53. The highest BCUT2D eigenvalue weighted by Crippen LogP contribution is 2.15. The molecule has 0 aliphatic heterocycles. The highest BCUT2D eigenvalue weighted by Gasteiger charge is 2.27. The molecule has 0 atom stereocenters. The van der Waals surface area contributed by atoms with E-state index >= 15 is 0 Å². The molecule has 0 unspecified atom stereocenters. The van der Waals surface area contributed by atoms with E-state index in [2.05, 4.69) is 19.4 Å². The molecule has 14 heavy (non-hydrogen) atoms. The summed E-state index contributed by atoms with van der Waals surface area (Å²) in [5.41, 5.74) is 0. The Balaban J connectivity index is 2.31. The van der Waals surface area contributed by atoms with Crippen molar-refractivity contribution in [3.63, 3.8) is 0 Å². The van der Waals surface area contributed by atoms with Gasteiger partial charge in [-0.15, -0.1) is 11.6 Å². The molecule has 0 saturated carbocycles. The van der Waals surface area contributed by atoms with Crippen molar-refractivity contribution in [3.05, 3.63) is 11.7 Å². The van der Waals surface area contributed by atoms with Crippen LogP contribution < -0.4 is 0 Å². The predicted octanol–water partition coefficient (Wildman–Crippen LogP) is 1.89. The molecule has 0 N–H and O–H groups in total. The molecule has 1 aromatic heterocycles. The minimum absolute atomic E-state index is 0.0201. The van der Waals surface area contributed by atoms with E-state index in [1.807, 2.05) is 0 Å². The molecule has 0 bridgehead atoms. The summed E-state index contributed by atoms with van der Waals surface area (Å²) in [6.45, 7) is -1.68. The number of rotatable bonds is 4. The Labute approximate surface area is 82.0 Å². The van der Waals surface area contributed by atoms with Gasteiger partial charge in [0.1, 0.15) is 19.1 Å². The maximum atomic E-state index is 11.6. The molecule has 0 fully saturated rings. The summed E-state index contributed by atoms with van der Waals surface area (Å²) < 4.78 is 43.7. The van der Waals surface area contributed by atoms with E-state index in [0.717, 1.165) is 0 Å². The van der Waals surface area contributed by atoms with Crippen molar-refractivity contribution in [1.29, 1.82) is 0 Å². The number of alkyl halides is 4. The van der Waals surface area contributed by atoms with Gasteiger partial charge in [-0.2, -0.15) is 18.2 Å². The van der Waals surface area contributed by atoms with Crippen molar-refractivity contribution in [2.45, 2.75) is 18.7 Å². The molecule has 0 saturated heterocycles. The van der Waals surface area contributed by atoms with Crippen LogP contribution in [-0.2, 0) is 17.2 Å². The summed E-state index contributed by atoms with van der Waals surface area (Å²) in [5.74, 6) is 0.217. The molecule has 1 heterocycles. The lowest BCUT2D eigenvalue weighted by Gasteiger charge is -2.04. The number of nitrogens with zero attached hydrogens (tertiary/aromatic N) is 2. The van der Waals surface area contributed by atoms with Crippen LogP contribution >= 0.6 is 11.6 Å². The average molecular weight is 231 g/mol. The Morgan fingerprint density at radius 1 is 1.43 bits per heavy atom. The van der Waals surface area contributed by atoms with Crippen LogP contribution in [0.3, 0.4) is 0 Å². The second-order valence-electron chi connectivity index (χ2n) is 2.35. The van der Waals surface area contributed by atoms with Crippen LogP contribution in [0.2, 0.25) is 0 Å². The third-order valence-electron chi connectivity index (χ3n) is 1.12. The van der Waals surface area contributed by atoms with E-state index in [1.54, 1.807) is 0 Å². The zero-order chi connectivity index (χ0) is 10.6. The van der Waals surface area contributed by atoms with Crippen molar-refractivity contribution in [3.8, 4) is 0 Å². The summed E-state index contributed by atoms with van der Waals surface area (Å²) in [5, 5.41) is 3.34. The predicted molar refractivity (Wildman–Crippen MR) is 39.6 cm³/mol. The monoisotopic (exact) mass is 230 g/mol. The highest BCUT2D eigenvalue weighted by molar-refractivity contribution is 6.16. The van der Waals surface area contributed by atoms with Gasteiger partial charge in [0.25, 0.3) is 0 Å². The zero-order valence-electron chi connectivity index (χ0n) is 6.84. The van der Waals surface area contributed by atoms with Gasteiger partial charge in [0.05, 0.1) is 0 Å². The van der Waals surface area contributed by atoms with Gasteiger partial charge in [0.15, 0.2) is 5.82 Å². The van der Waals surface area contributed by atoms with Crippen LogP contribution in [0.4, 0.5) is 13.2 Å². The van der Waals surface area contributed by atoms with Crippen LogP contribution in [0.1, 0.15) is 11.7 Å². The second kappa shape index (κ2) is 4.61. The number of halogens is 4. The highest BCUT2D eigenvalue weighted by atomic mass is 35.5. The van der Waals surface area contributed by atoms with Gasteiger partial charge in [-0.25, -0.2) is 0 Å². The molecule has 0 amide bonds. The Hall–Kier alpha value is -0.820. The Kier molecular flexibility index (Phi) is 3.70. The van der Waals surface area contributed by atoms with Crippen LogP contribution in [-0.4, -0.2) is 22.9 Å². The van der Waals surface area contributed by atoms with Crippen molar-refractivity contribution in [1.82, 2.24) is 10.1 Å². The summed E-state index contributed by atoms with van der Waals surface area (Å²) in [6.07, 6.45) is -4.35. The van der Waals surface area contributed by atoms with E-state index < -0.39 is 12.8 Å². The Bertz CT molecular complexity index is 289. The van der Waals surface area contributed by atoms with Gasteiger partial charge in [-0.05, 0) is 0 Å². The molecule has 0 aromatic carbocycles. The molecule has 8 heteroatoms. The first kappa shape index (κ1) is 11.3. The fourth-order valence-electron chi connectivity index (χ4n) is 0.661. The average Bonchev–Trinajstić information content (AvgIpc) is 2.50. The van der Waals surface area contributed by atoms with Gasteiger partial charge < -0.3 is 9.26 Å². The number of hydrogen-bond acceptors (Lipinski definition) is 4. The van der Waals surface area contributed by atoms with E-state index in [1.165, 1.54) is 0 Å². The van der Waals surface area contributed by atoms with Gasteiger partial charge >= 0.3 is 6.18 Å². The molecule has 1 aromatic rings. The third-order valence-corrected chi connectivity index (χ3v) is 1.35. The Morgan fingerprint density at radius 3 is 2.64 bits per heavy atom. The van der Waals surface area contributed by atoms with Gasteiger partial charge in [0, 0.05) is 0 Å². The van der Waals surface area contributed by atoms with Gasteiger partial charge in [0.2, 0.25) is 5.89 Å². The fraction of sp³-hybridized carbons (Fsp3) is 0.667. The zero-order valence-corrected chi connectivity index (χ0v) is 7.60. The van der Waals surface area contributed by atoms with Crippen molar-refractivity contribution in [2.75, 3.05) is 6.61 Å². The van der Waals surface area contributed by atoms with Gasteiger partial charge in [-0.1, -0.05) is 5.16 Å². The lowest BCUT2D eigenvalue weighted by atomic mass is 10.6. The maximum Gasteiger partial charge on any atom is 0.411 e. The summed E-state index contributed by atoms with van der Waals surface area (Å²) in [6, 6.07) is 0. The smallest absolute Gasteiger partial charge is 0.364 e. The number of hydrogen-bond donors (Lipinski definition) is 0. The molecule has 4 nitrogen and oxygen atoms in total. The van der Waals surface area contributed by atoms with Crippen LogP contribution in [0, 0.1) is 0 Å². The first-order chi connectivity index (χ1) is 6.51. The number of ether oxygens (including phenoxy) is 1. The standard InChI is InChI=1S/C6H6ClF3N2O2/c7-1-5-11-4(12-14-5)2-13-3-6(8,9)10/h1-3H2. The third kappa shape index (κ3) is 3.93. The fourth-order valence-corrected chi connectivity index (χ4v) is 0.770. The topological polar surface area (TPSA) is 48.2 Å². The quantitative estimate of drug-likeness (QED) is 0.741. The lowest BCUT2D eigenvalue weighted by Crippen LogP contribution is -2.16. The minimum atomic E-state index is -4.35. The van der Waals surface area contributed by atoms with Gasteiger partial charge in [-0.3, -0.25) is 0 Å². The normalized spacial score (nSPS) is 12.0. The minimum Gasteiger partial charge on any atom is -0.364 e. The first-order valence-corrected chi connectivity index (χ1v) is 4.06. The van der Waals surface area contributed by atoms with Crippen LogP contribution in [0.5, 0.6) is 0 Å². The van der Waals surface area contributed by atoms with E-state index in [-0.39, 0.29) is 24.2 Å². The second-order valence-corrected chi connectivity index (χ2v) is 2.61. The maximum absolute atomic E-state index is 11.6. The Morgan fingerprint density at radius 2 is 2.14 bits per heavy atom. The van der Waals surface area contributed by atoms with E-state index in [9.17, 15) is 13.2 Å². The molecular formula is C6H6ClF3N2O2.